The minimum absolute atomic E-state index is 0.153. The first kappa shape index (κ1) is 9.25. The summed E-state index contributed by atoms with van der Waals surface area (Å²) >= 11 is 0. The van der Waals surface area contributed by atoms with Gasteiger partial charge in [-0.1, -0.05) is 0 Å². The van der Waals surface area contributed by atoms with Crippen LogP contribution in [0.25, 0.3) is 0 Å². The van der Waals surface area contributed by atoms with Gasteiger partial charge in [0.05, 0.1) is 12.0 Å². The van der Waals surface area contributed by atoms with E-state index in [9.17, 15) is 0 Å². The maximum atomic E-state index is 5.50. The molecule has 78 valence electrons. The first-order chi connectivity index (χ1) is 7.28. The quantitative estimate of drug-likeness (QED) is 0.683. The van der Waals surface area contributed by atoms with E-state index in [0.29, 0.717) is 11.9 Å². The number of hydrogen-bond donors (Lipinski definition) is 3. The van der Waals surface area contributed by atoms with Crippen LogP contribution >= 0.6 is 0 Å². The maximum Gasteiger partial charge on any atom is 0.233 e. The van der Waals surface area contributed by atoms with Crippen molar-refractivity contribution in [3.63, 3.8) is 0 Å². The number of hydrogen-bond acceptors (Lipinski definition) is 7. The topological polar surface area (TPSA) is 102 Å². The molecule has 0 spiro atoms. The van der Waals surface area contributed by atoms with Crippen molar-refractivity contribution in [3.8, 4) is 0 Å². The highest BCUT2D eigenvalue weighted by Gasteiger charge is 2.03. The molecule has 2 rings (SSSR count). The van der Waals surface area contributed by atoms with Gasteiger partial charge in [0.15, 0.2) is 0 Å². The molecule has 0 atom stereocenters. The molecular weight excluding hydrogens is 196 g/mol. The molecule has 0 bridgehead atoms. The fourth-order valence-corrected chi connectivity index (χ4v) is 1.02. The zero-order chi connectivity index (χ0) is 10.7. The standard InChI is InChI=1S/C8H10N6O/c1-10-7-12-6(9)13-8(14-7)11-5-2-3-15-4-5/h2-4H,1H3,(H4,9,10,11,12,13,14). The van der Waals surface area contributed by atoms with E-state index in [4.69, 9.17) is 10.2 Å². The van der Waals surface area contributed by atoms with E-state index < -0.39 is 0 Å². The van der Waals surface area contributed by atoms with Crippen LogP contribution in [0.1, 0.15) is 0 Å². The smallest absolute Gasteiger partial charge is 0.233 e. The Bertz CT molecular complexity index is 440. The number of nitrogens with one attached hydrogen (secondary N) is 2. The summed E-state index contributed by atoms with van der Waals surface area (Å²) in [5.74, 6) is 0.932. The highest BCUT2D eigenvalue weighted by Crippen LogP contribution is 2.14. The van der Waals surface area contributed by atoms with Crippen molar-refractivity contribution in [1.29, 1.82) is 0 Å². The molecule has 2 aromatic rings. The van der Waals surface area contributed by atoms with Crippen molar-refractivity contribution in [2.24, 2.45) is 0 Å². The van der Waals surface area contributed by atoms with Crippen LogP contribution in [0.2, 0.25) is 0 Å². The Morgan fingerprint density at radius 3 is 2.73 bits per heavy atom. The molecule has 0 amide bonds. The largest absolute Gasteiger partial charge is 0.470 e. The van der Waals surface area contributed by atoms with Crippen LogP contribution in [0.15, 0.2) is 23.0 Å². The summed E-state index contributed by atoms with van der Waals surface area (Å²) in [5.41, 5.74) is 6.25. The molecule has 0 aliphatic heterocycles. The second kappa shape index (κ2) is 3.82. The van der Waals surface area contributed by atoms with Gasteiger partial charge in [-0.2, -0.15) is 15.0 Å². The number of nitrogens with zero attached hydrogens (tertiary/aromatic N) is 3. The third-order valence-electron chi connectivity index (χ3n) is 1.65. The number of rotatable bonds is 3. The molecule has 0 saturated heterocycles. The molecule has 0 fully saturated rings. The maximum absolute atomic E-state index is 5.50. The summed E-state index contributed by atoms with van der Waals surface area (Å²) in [7, 11) is 1.70. The molecular formula is C8H10N6O. The van der Waals surface area contributed by atoms with E-state index in [2.05, 4.69) is 25.6 Å². The lowest BCUT2D eigenvalue weighted by molar-refractivity contribution is 0.568. The molecule has 7 nitrogen and oxygen atoms in total. The number of aromatic nitrogens is 3. The molecule has 0 aromatic carbocycles. The monoisotopic (exact) mass is 206 g/mol. The molecule has 2 aromatic heterocycles. The first-order valence-corrected chi connectivity index (χ1v) is 4.26. The van der Waals surface area contributed by atoms with Gasteiger partial charge in [0, 0.05) is 7.05 Å². The lowest BCUT2D eigenvalue weighted by Crippen LogP contribution is -2.06. The van der Waals surface area contributed by atoms with Gasteiger partial charge in [0.2, 0.25) is 17.8 Å². The predicted octanol–water partition coefficient (Wildman–Crippen LogP) is 0.832. The van der Waals surface area contributed by atoms with Gasteiger partial charge in [0.25, 0.3) is 0 Å². The first-order valence-electron chi connectivity index (χ1n) is 4.26. The zero-order valence-electron chi connectivity index (χ0n) is 8.06. The van der Waals surface area contributed by atoms with Crippen molar-refractivity contribution in [2.45, 2.75) is 0 Å². The minimum Gasteiger partial charge on any atom is -0.470 e. The van der Waals surface area contributed by atoms with Crippen LogP contribution in [-0.2, 0) is 0 Å². The Kier molecular flexibility index (Phi) is 2.36. The van der Waals surface area contributed by atoms with Gasteiger partial charge in [0.1, 0.15) is 6.26 Å². The normalized spacial score (nSPS) is 9.93. The van der Waals surface area contributed by atoms with Crippen LogP contribution in [0.4, 0.5) is 23.5 Å². The highest BCUT2D eigenvalue weighted by molar-refractivity contribution is 5.53. The van der Waals surface area contributed by atoms with Crippen LogP contribution in [-0.4, -0.2) is 22.0 Å². The Labute approximate surface area is 85.7 Å². The summed E-state index contributed by atoms with van der Waals surface area (Å²) in [4.78, 5) is 11.8. The fraction of sp³-hybridized carbons (Fsp3) is 0.125. The molecule has 0 aliphatic carbocycles. The average Bonchev–Trinajstić information content (AvgIpc) is 2.69. The van der Waals surface area contributed by atoms with Crippen LogP contribution < -0.4 is 16.4 Å². The van der Waals surface area contributed by atoms with Gasteiger partial charge in [-0.3, -0.25) is 0 Å². The third kappa shape index (κ3) is 2.13. The van der Waals surface area contributed by atoms with Gasteiger partial charge in [-0.25, -0.2) is 0 Å². The van der Waals surface area contributed by atoms with Crippen molar-refractivity contribution in [2.75, 3.05) is 23.4 Å². The number of anilines is 4. The molecule has 0 unspecified atom stereocenters. The molecule has 4 N–H and O–H groups in total. The third-order valence-corrected chi connectivity index (χ3v) is 1.65. The highest BCUT2D eigenvalue weighted by atomic mass is 16.3. The zero-order valence-corrected chi connectivity index (χ0v) is 8.06. The van der Waals surface area contributed by atoms with Gasteiger partial charge < -0.3 is 20.8 Å². The molecule has 0 aliphatic rings. The van der Waals surface area contributed by atoms with Crippen molar-refractivity contribution in [3.05, 3.63) is 18.6 Å². The number of nitrogen functional groups attached to an aromatic ring is 1. The van der Waals surface area contributed by atoms with E-state index in [1.54, 1.807) is 25.6 Å². The minimum atomic E-state index is 0.153. The summed E-state index contributed by atoms with van der Waals surface area (Å²) in [5, 5.41) is 5.71. The molecule has 0 radical (unpaired) electrons. The van der Waals surface area contributed by atoms with Gasteiger partial charge in [-0.15, -0.1) is 0 Å². The second-order valence-corrected chi connectivity index (χ2v) is 2.73. The second-order valence-electron chi connectivity index (χ2n) is 2.73. The van der Waals surface area contributed by atoms with Crippen LogP contribution in [0.5, 0.6) is 0 Å². The lowest BCUT2D eigenvalue weighted by Gasteiger charge is -2.04. The Morgan fingerprint density at radius 1 is 1.27 bits per heavy atom. The number of nitrogens with two attached hydrogens (primary N) is 1. The molecule has 0 saturated carbocycles. The average molecular weight is 206 g/mol. The summed E-state index contributed by atoms with van der Waals surface area (Å²) in [6.07, 6.45) is 3.09. The van der Waals surface area contributed by atoms with E-state index in [1.807, 2.05) is 0 Å². The molecule has 7 heteroatoms. The van der Waals surface area contributed by atoms with E-state index >= 15 is 0 Å². The predicted molar refractivity (Wildman–Crippen MR) is 55.8 cm³/mol. The van der Waals surface area contributed by atoms with Gasteiger partial charge >= 0.3 is 0 Å². The van der Waals surface area contributed by atoms with Crippen LogP contribution in [0.3, 0.4) is 0 Å². The summed E-state index contributed by atoms with van der Waals surface area (Å²) < 4.78 is 4.89. The van der Waals surface area contributed by atoms with E-state index in [-0.39, 0.29) is 5.95 Å². The fourth-order valence-electron chi connectivity index (χ4n) is 1.02. The Hall–Kier alpha value is -2.31. The van der Waals surface area contributed by atoms with Crippen LogP contribution in [0, 0.1) is 0 Å². The van der Waals surface area contributed by atoms with Crippen molar-refractivity contribution in [1.82, 2.24) is 15.0 Å². The summed E-state index contributed by atoms with van der Waals surface area (Å²) in [6, 6.07) is 1.75. The SMILES string of the molecule is CNc1nc(N)nc(Nc2ccoc2)n1. The Balaban J connectivity index is 2.24. The van der Waals surface area contributed by atoms with Crippen molar-refractivity contribution >= 4 is 23.5 Å². The van der Waals surface area contributed by atoms with E-state index in [0.717, 1.165) is 5.69 Å². The molecule has 2 heterocycles. The number of furan rings is 1. The molecule has 15 heavy (non-hydrogen) atoms. The van der Waals surface area contributed by atoms with E-state index in [1.165, 1.54) is 0 Å². The Morgan fingerprint density at radius 2 is 2.07 bits per heavy atom. The van der Waals surface area contributed by atoms with Crippen molar-refractivity contribution < 1.29 is 4.42 Å². The van der Waals surface area contributed by atoms with Gasteiger partial charge in [-0.05, 0) is 6.07 Å². The lowest BCUT2D eigenvalue weighted by atomic mass is 10.5. The summed E-state index contributed by atoms with van der Waals surface area (Å²) in [6.45, 7) is 0.